The zero-order valence-electron chi connectivity index (χ0n) is 15.3. The molecule has 0 unspecified atom stereocenters. The molecule has 2 rings (SSSR count). The van der Waals surface area contributed by atoms with E-state index in [1.807, 2.05) is 0 Å². The smallest absolute Gasteiger partial charge is 0.493 e. The summed E-state index contributed by atoms with van der Waals surface area (Å²) in [6, 6.07) is 8.29. The molecule has 0 saturated carbocycles. The fourth-order valence-corrected chi connectivity index (χ4v) is 2.34. The highest BCUT2D eigenvalue weighted by atomic mass is 19.4. The molecule has 0 spiro atoms. The van der Waals surface area contributed by atoms with Crippen molar-refractivity contribution in [3.8, 4) is 23.0 Å². The molecule has 0 bridgehead atoms. The van der Waals surface area contributed by atoms with Gasteiger partial charge in [0.25, 0.3) is 0 Å². The number of nitrogens with one attached hydrogen (secondary N) is 2. The van der Waals surface area contributed by atoms with E-state index in [2.05, 4.69) is 15.4 Å². The minimum absolute atomic E-state index is 0.188. The fraction of sp³-hybridized carbons (Fsp3) is 0.278. The van der Waals surface area contributed by atoms with Crippen LogP contribution in [0.2, 0.25) is 0 Å². The van der Waals surface area contributed by atoms with Crippen molar-refractivity contribution < 1.29 is 36.9 Å². The number of amides is 1. The molecule has 2 aromatic carbocycles. The molecule has 0 heterocycles. The number of hydrogen-bond acceptors (Lipinski definition) is 6. The van der Waals surface area contributed by atoms with Crippen LogP contribution in [0, 0.1) is 0 Å². The van der Waals surface area contributed by atoms with Crippen LogP contribution in [0.1, 0.15) is 0 Å². The topological polar surface area (TPSA) is 78.1 Å². The number of anilines is 2. The van der Waals surface area contributed by atoms with Crippen LogP contribution in [0.5, 0.6) is 23.0 Å². The number of benzene rings is 2. The molecule has 0 radical (unpaired) electrons. The number of ether oxygens (including phenoxy) is 4. The average molecular weight is 400 g/mol. The lowest BCUT2D eigenvalue weighted by Gasteiger charge is -2.15. The van der Waals surface area contributed by atoms with Crippen molar-refractivity contribution in [2.45, 2.75) is 6.36 Å². The second-order valence-electron chi connectivity index (χ2n) is 5.39. The lowest BCUT2D eigenvalue weighted by atomic mass is 10.2. The molecule has 0 aliphatic heterocycles. The highest BCUT2D eigenvalue weighted by molar-refractivity contribution is 5.94. The standard InChI is InChI=1S/C18H19F3N2O5/c1-25-14-8-12(9-15(26-2)17(14)27-3)23-16(24)10-22-11-5-4-6-13(7-11)28-18(19,20)21/h4-9,22H,10H2,1-3H3,(H,23,24). The van der Waals surface area contributed by atoms with Crippen molar-refractivity contribution in [2.75, 3.05) is 38.5 Å². The van der Waals surface area contributed by atoms with Gasteiger partial charge in [-0.2, -0.15) is 0 Å². The van der Waals surface area contributed by atoms with E-state index in [-0.39, 0.29) is 12.3 Å². The van der Waals surface area contributed by atoms with E-state index in [1.165, 1.54) is 33.5 Å². The summed E-state index contributed by atoms with van der Waals surface area (Å²) in [7, 11) is 4.35. The number of halogens is 3. The second-order valence-corrected chi connectivity index (χ2v) is 5.39. The predicted octanol–water partition coefficient (Wildman–Crippen LogP) is 3.66. The third-order valence-corrected chi connectivity index (χ3v) is 3.47. The monoisotopic (exact) mass is 400 g/mol. The first-order chi connectivity index (χ1) is 13.3. The second kappa shape index (κ2) is 9.07. The number of carbonyl (C=O) groups is 1. The van der Waals surface area contributed by atoms with Crippen LogP contribution in [0.25, 0.3) is 0 Å². The molecule has 0 aromatic heterocycles. The Kier molecular flexibility index (Phi) is 6.80. The molecule has 0 saturated heterocycles. The summed E-state index contributed by atoms with van der Waals surface area (Å²) in [6.45, 7) is -0.188. The Bertz CT molecular complexity index is 802. The summed E-state index contributed by atoms with van der Waals surface area (Å²) < 4.78 is 56.3. The van der Waals surface area contributed by atoms with Crippen molar-refractivity contribution in [3.05, 3.63) is 36.4 Å². The Morgan fingerprint density at radius 3 is 2.14 bits per heavy atom. The van der Waals surface area contributed by atoms with Crippen LogP contribution in [0.3, 0.4) is 0 Å². The van der Waals surface area contributed by atoms with Gasteiger partial charge in [-0.25, -0.2) is 0 Å². The Labute approximate surface area is 159 Å². The Balaban J connectivity index is 2.02. The SMILES string of the molecule is COc1cc(NC(=O)CNc2cccc(OC(F)(F)F)c2)cc(OC)c1OC. The molecule has 2 aromatic rings. The normalized spacial score (nSPS) is 10.8. The van der Waals surface area contributed by atoms with E-state index in [1.54, 1.807) is 12.1 Å². The molecule has 2 N–H and O–H groups in total. The summed E-state index contributed by atoms with van der Waals surface area (Å²) in [6.07, 6.45) is -4.79. The summed E-state index contributed by atoms with van der Waals surface area (Å²) in [5.74, 6) is 0.283. The molecule has 10 heteroatoms. The van der Waals surface area contributed by atoms with Crippen molar-refractivity contribution in [2.24, 2.45) is 0 Å². The van der Waals surface area contributed by atoms with Gasteiger partial charge in [-0.15, -0.1) is 13.2 Å². The van der Waals surface area contributed by atoms with E-state index in [4.69, 9.17) is 14.2 Å². The van der Waals surface area contributed by atoms with Gasteiger partial charge >= 0.3 is 6.36 Å². The van der Waals surface area contributed by atoms with Crippen LogP contribution in [-0.4, -0.2) is 40.1 Å². The summed E-state index contributed by atoms with van der Waals surface area (Å²) in [5, 5.41) is 5.36. The Morgan fingerprint density at radius 2 is 1.61 bits per heavy atom. The van der Waals surface area contributed by atoms with Crippen molar-refractivity contribution in [3.63, 3.8) is 0 Å². The van der Waals surface area contributed by atoms with Gasteiger partial charge < -0.3 is 29.6 Å². The van der Waals surface area contributed by atoms with Crippen molar-refractivity contribution >= 4 is 17.3 Å². The molecular weight excluding hydrogens is 381 g/mol. The average Bonchev–Trinajstić information content (AvgIpc) is 2.64. The Morgan fingerprint density at radius 1 is 0.964 bits per heavy atom. The highest BCUT2D eigenvalue weighted by Gasteiger charge is 2.31. The van der Waals surface area contributed by atoms with Crippen LogP contribution >= 0.6 is 0 Å². The molecule has 7 nitrogen and oxygen atoms in total. The molecule has 0 fully saturated rings. The Hall–Kier alpha value is -3.30. The molecular formula is C18H19F3N2O5. The number of alkyl halides is 3. The third kappa shape index (κ3) is 5.86. The van der Waals surface area contributed by atoms with Gasteiger partial charge in [0.15, 0.2) is 11.5 Å². The van der Waals surface area contributed by atoms with Crippen LogP contribution in [0.15, 0.2) is 36.4 Å². The first-order valence-electron chi connectivity index (χ1n) is 7.95. The van der Waals surface area contributed by atoms with Gasteiger partial charge in [-0.3, -0.25) is 4.79 Å². The van der Waals surface area contributed by atoms with Gasteiger partial charge in [-0.1, -0.05) is 6.07 Å². The summed E-state index contributed by atoms with van der Waals surface area (Å²) >= 11 is 0. The molecule has 0 atom stereocenters. The van der Waals surface area contributed by atoms with E-state index < -0.39 is 12.3 Å². The van der Waals surface area contributed by atoms with E-state index in [0.717, 1.165) is 12.1 Å². The first kappa shape index (κ1) is 21.0. The molecule has 28 heavy (non-hydrogen) atoms. The van der Waals surface area contributed by atoms with Crippen molar-refractivity contribution in [1.82, 2.24) is 0 Å². The zero-order valence-corrected chi connectivity index (χ0v) is 15.3. The molecule has 152 valence electrons. The third-order valence-electron chi connectivity index (χ3n) is 3.47. The highest BCUT2D eigenvalue weighted by Crippen LogP contribution is 2.39. The minimum Gasteiger partial charge on any atom is -0.493 e. The zero-order chi connectivity index (χ0) is 20.7. The van der Waals surface area contributed by atoms with Gasteiger partial charge in [0.1, 0.15) is 5.75 Å². The summed E-state index contributed by atoms with van der Waals surface area (Å²) in [4.78, 5) is 12.2. The van der Waals surface area contributed by atoms with E-state index >= 15 is 0 Å². The quantitative estimate of drug-likeness (QED) is 0.704. The maximum Gasteiger partial charge on any atom is 0.573 e. The minimum atomic E-state index is -4.79. The lowest BCUT2D eigenvalue weighted by molar-refractivity contribution is -0.274. The number of carbonyl (C=O) groups excluding carboxylic acids is 1. The largest absolute Gasteiger partial charge is 0.573 e. The van der Waals surface area contributed by atoms with Crippen LogP contribution in [-0.2, 0) is 4.79 Å². The van der Waals surface area contributed by atoms with Crippen molar-refractivity contribution in [1.29, 1.82) is 0 Å². The first-order valence-corrected chi connectivity index (χ1v) is 7.95. The van der Waals surface area contributed by atoms with Gasteiger partial charge in [0.2, 0.25) is 11.7 Å². The number of methoxy groups -OCH3 is 3. The van der Waals surface area contributed by atoms with E-state index in [9.17, 15) is 18.0 Å². The number of hydrogen-bond donors (Lipinski definition) is 2. The maximum absolute atomic E-state index is 12.3. The van der Waals surface area contributed by atoms with Crippen LogP contribution < -0.4 is 29.6 Å². The fourth-order valence-electron chi connectivity index (χ4n) is 2.34. The summed E-state index contributed by atoms with van der Waals surface area (Å²) in [5.41, 5.74) is 0.692. The van der Waals surface area contributed by atoms with Gasteiger partial charge in [-0.05, 0) is 12.1 Å². The van der Waals surface area contributed by atoms with Gasteiger partial charge in [0, 0.05) is 29.6 Å². The molecule has 0 aliphatic rings. The number of rotatable bonds is 8. The molecule has 0 aliphatic carbocycles. The maximum atomic E-state index is 12.3. The predicted molar refractivity (Wildman–Crippen MR) is 96.3 cm³/mol. The van der Waals surface area contributed by atoms with Crippen LogP contribution in [0.4, 0.5) is 24.5 Å². The van der Waals surface area contributed by atoms with Gasteiger partial charge in [0.05, 0.1) is 27.9 Å². The lowest BCUT2D eigenvalue weighted by Crippen LogP contribution is -2.22. The van der Waals surface area contributed by atoms with E-state index in [0.29, 0.717) is 28.6 Å². The molecule has 1 amide bonds.